The molecule has 2 rings (SSSR count). The zero-order chi connectivity index (χ0) is 9.26. The largest absolute Gasteiger partial charge is 0.487 e. The van der Waals surface area contributed by atoms with Gasteiger partial charge in [-0.15, -0.1) is 0 Å². The molecule has 0 amide bonds. The normalized spacial score (nSPS) is 13.7. The molecule has 0 N–H and O–H groups in total. The summed E-state index contributed by atoms with van der Waals surface area (Å²) in [5, 5.41) is 9.28. The molecule has 0 saturated carbocycles. The molecular formula is C10H6ClNO. The van der Waals surface area contributed by atoms with Gasteiger partial charge in [-0.1, -0.05) is 17.7 Å². The number of rotatable bonds is 0. The molecular weight excluding hydrogens is 186 g/mol. The van der Waals surface area contributed by atoms with Crippen LogP contribution >= 0.6 is 11.6 Å². The van der Waals surface area contributed by atoms with Crippen molar-refractivity contribution in [3.05, 3.63) is 34.4 Å². The lowest BCUT2D eigenvalue weighted by atomic mass is 10.1. The number of nitrogens with zero attached hydrogens (tertiary/aromatic N) is 1. The third-order valence-corrected chi connectivity index (χ3v) is 2.19. The maximum atomic E-state index is 8.67. The summed E-state index contributed by atoms with van der Waals surface area (Å²) in [4.78, 5) is 0. The maximum Gasteiger partial charge on any atom is 0.128 e. The second-order valence-corrected chi connectivity index (χ2v) is 3.13. The van der Waals surface area contributed by atoms with Gasteiger partial charge in [0.05, 0.1) is 16.7 Å². The van der Waals surface area contributed by atoms with Crippen LogP contribution < -0.4 is 4.74 Å². The Labute approximate surface area is 81.0 Å². The van der Waals surface area contributed by atoms with Crippen molar-refractivity contribution in [2.45, 2.75) is 0 Å². The highest BCUT2D eigenvalue weighted by atomic mass is 35.5. The Kier molecular flexibility index (Phi) is 1.96. The number of fused-ring (bicyclic) bond motifs is 1. The topological polar surface area (TPSA) is 33.0 Å². The zero-order valence-electron chi connectivity index (χ0n) is 6.75. The van der Waals surface area contributed by atoms with Crippen molar-refractivity contribution in [2.24, 2.45) is 0 Å². The van der Waals surface area contributed by atoms with Crippen LogP contribution in [0.5, 0.6) is 5.75 Å². The molecule has 13 heavy (non-hydrogen) atoms. The van der Waals surface area contributed by atoms with Gasteiger partial charge in [0.25, 0.3) is 0 Å². The van der Waals surface area contributed by atoms with Gasteiger partial charge in [0.1, 0.15) is 12.4 Å². The second kappa shape index (κ2) is 3.12. The molecule has 0 aliphatic carbocycles. The first kappa shape index (κ1) is 8.15. The average molecular weight is 192 g/mol. The molecule has 0 saturated heterocycles. The average Bonchev–Trinajstić information content (AvgIpc) is 2.18. The fourth-order valence-electron chi connectivity index (χ4n) is 1.22. The first-order valence-electron chi connectivity index (χ1n) is 3.83. The lowest BCUT2D eigenvalue weighted by molar-refractivity contribution is 0.352. The molecule has 0 spiro atoms. The van der Waals surface area contributed by atoms with E-state index in [0.29, 0.717) is 17.2 Å². The predicted molar refractivity (Wildman–Crippen MR) is 50.5 cm³/mol. The third-order valence-electron chi connectivity index (χ3n) is 1.86. The SMILES string of the molecule is N#CC1=Cc2c(Cl)cccc2OC1. The van der Waals surface area contributed by atoms with Gasteiger partial charge >= 0.3 is 0 Å². The van der Waals surface area contributed by atoms with Crippen LogP contribution in [0.15, 0.2) is 23.8 Å². The molecule has 1 aromatic rings. The summed E-state index contributed by atoms with van der Waals surface area (Å²) in [6.45, 7) is 0.337. The summed E-state index contributed by atoms with van der Waals surface area (Å²) < 4.78 is 5.33. The smallest absolute Gasteiger partial charge is 0.128 e. The van der Waals surface area contributed by atoms with Crippen LogP contribution in [-0.2, 0) is 0 Å². The van der Waals surface area contributed by atoms with Crippen molar-refractivity contribution in [1.82, 2.24) is 0 Å². The van der Waals surface area contributed by atoms with E-state index in [0.717, 1.165) is 11.3 Å². The monoisotopic (exact) mass is 191 g/mol. The first-order chi connectivity index (χ1) is 6.31. The summed E-state index contributed by atoms with van der Waals surface area (Å²) in [5.74, 6) is 0.742. The number of benzene rings is 1. The minimum Gasteiger partial charge on any atom is -0.487 e. The molecule has 3 heteroatoms. The van der Waals surface area contributed by atoms with Crippen molar-refractivity contribution >= 4 is 17.7 Å². The van der Waals surface area contributed by atoms with Gasteiger partial charge < -0.3 is 4.74 Å². The molecule has 1 heterocycles. The molecule has 0 bridgehead atoms. The number of nitriles is 1. The van der Waals surface area contributed by atoms with Gasteiger partial charge in [-0.25, -0.2) is 0 Å². The highest BCUT2D eigenvalue weighted by Crippen LogP contribution is 2.31. The molecule has 2 nitrogen and oxygen atoms in total. The van der Waals surface area contributed by atoms with Crippen LogP contribution in [0.3, 0.4) is 0 Å². The number of ether oxygens (including phenoxy) is 1. The minimum absolute atomic E-state index is 0.337. The zero-order valence-corrected chi connectivity index (χ0v) is 7.51. The highest BCUT2D eigenvalue weighted by molar-refractivity contribution is 6.32. The van der Waals surface area contributed by atoms with E-state index in [1.54, 1.807) is 12.1 Å². The van der Waals surface area contributed by atoms with Crippen LogP contribution in [0, 0.1) is 11.3 Å². The Bertz CT molecular complexity index is 417. The van der Waals surface area contributed by atoms with Crippen molar-refractivity contribution in [1.29, 1.82) is 5.26 Å². The lowest BCUT2D eigenvalue weighted by Gasteiger charge is -2.14. The molecule has 1 aromatic carbocycles. The lowest BCUT2D eigenvalue weighted by Crippen LogP contribution is -2.05. The first-order valence-corrected chi connectivity index (χ1v) is 4.21. The predicted octanol–water partition coefficient (Wildman–Crippen LogP) is 2.64. The molecule has 0 radical (unpaired) electrons. The quantitative estimate of drug-likeness (QED) is 0.632. The number of hydrogen-bond acceptors (Lipinski definition) is 2. The molecule has 0 fully saturated rings. The van der Waals surface area contributed by atoms with Gasteiger partial charge in [-0.2, -0.15) is 5.26 Å². The van der Waals surface area contributed by atoms with E-state index >= 15 is 0 Å². The van der Waals surface area contributed by atoms with Crippen LogP contribution in [-0.4, -0.2) is 6.61 Å². The Morgan fingerprint density at radius 2 is 2.31 bits per heavy atom. The number of hydrogen-bond donors (Lipinski definition) is 0. The fraction of sp³-hybridized carbons (Fsp3) is 0.100. The van der Waals surface area contributed by atoms with E-state index in [-0.39, 0.29) is 0 Å². The van der Waals surface area contributed by atoms with E-state index < -0.39 is 0 Å². The maximum absolute atomic E-state index is 8.67. The Balaban J connectivity index is 2.57. The number of halogens is 1. The summed E-state index contributed by atoms with van der Waals surface area (Å²) >= 11 is 5.93. The summed E-state index contributed by atoms with van der Waals surface area (Å²) in [5.41, 5.74) is 1.40. The Morgan fingerprint density at radius 3 is 3.08 bits per heavy atom. The highest BCUT2D eigenvalue weighted by Gasteiger charge is 2.12. The van der Waals surface area contributed by atoms with Crippen molar-refractivity contribution < 1.29 is 4.74 Å². The van der Waals surface area contributed by atoms with Crippen LogP contribution in [0.1, 0.15) is 5.56 Å². The van der Waals surface area contributed by atoms with E-state index in [1.165, 1.54) is 0 Å². The van der Waals surface area contributed by atoms with Crippen molar-refractivity contribution in [3.63, 3.8) is 0 Å². The molecule has 0 unspecified atom stereocenters. The van der Waals surface area contributed by atoms with Gasteiger partial charge in [-0.05, 0) is 18.2 Å². The van der Waals surface area contributed by atoms with Gasteiger partial charge in [0, 0.05) is 5.56 Å². The fourth-order valence-corrected chi connectivity index (χ4v) is 1.44. The van der Waals surface area contributed by atoms with Crippen LogP contribution in [0.2, 0.25) is 5.02 Å². The Hall–Kier alpha value is -1.46. The molecule has 0 atom stereocenters. The van der Waals surface area contributed by atoms with Gasteiger partial charge in [0.2, 0.25) is 0 Å². The van der Waals surface area contributed by atoms with E-state index in [4.69, 9.17) is 21.6 Å². The third kappa shape index (κ3) is 1.39. The summed E-state index contributed by atoms with van der Waals surface area (Å²) in [6, 6.07) is 7.49. The summed E-state index contributed by atoms with van der Waals surface area (Å²) in [7, 11) is 0. The van der Waals surface area contributed by atoms with Crippen LogP contribution in [0.25, 0.3) is 6.08 Å². The standard InChI is InChI=1S/C10H6ClNO/c11-9-2-1-3-10-8(9)4-7(5-12)6-13-10/h1-4H,6H2. The molecule has 0 aromatic heterocycles. The van der Waals surface area contributed by atoms with E-state index in [9.17, 15) is 0 Å². The van der Waals surface area contributed by atoms with Gasteiger partial charge in [0.15, 0.2) is 0 Å². The van der Waals surface area contributed by atoms with Gasteiger partial charge in [-0.3, -0.25) is 0 Å². The van der Waals surface area contributed by atoms with E-state index in [2.05, 4.69) is 0 Å². The summed E-state index contributed by atoms with van der Waals surface area (Å²) in [6.07, 6.45) is 1.77. The van der Waals surface area contributed by atoms with E-state index in [1.807, 2.05) is 18.2 Å². The molecule has 64 valence electrons. The van der Waals surface area contributed by atoms with Crippen LogP contribution in [0.4, 0.5) is 0 Å². The molecule has 1 aliphatic rings. The minimum atomic E-state index is 0.337. The Morgan fingerprint density at radius 1 is 1.46 bits per heavy atom. The van der Waals surface area contributed by atoms with Crippen molar-refractivity contribution in [2.75, 3.05) is 6.61 Å². The van der Waals surface area contributed by atoms with Crippen molar-refractivity contribution in [3.8, 4) is 11.8 Å². The second-order valence-electron chi connectivity index (χ2n) is 2.72. The molecule has 1 aliphatic heterocycles.